The number of hydrazone groups is 1. The molecule has 0 amide bonds. The third kappa shape index (κ3) is 6.37. The van der Waals surface area contributed by atoms with E-state index in [-0.39, 0.29) is 0 Å². The van der Waals surface area contributed by atoms with E-state index >= 15 is 0 Å². The SMILES string of the molecule is CCCN(C)c1ccc(/C=N\NC(=S)Nc2ccc(OCC)cc2)cc1. The molecule has 138 valence electrons. The van der Waals surface area contributed by atoms with Crippen molar-refractivity contribution in [2.45, 2.75) is 20.3 Å². The number of anilines is 2. The summed E-state index contributed by atoms with van der Waals surface area (Å²) in [6.45, 7) is 5.82. The average Bonchev–Trinajstić information content (AvgIpc) is 2.64. The van der Waals surface area contributed by atoms with Crippen LogP contribution in [0.15, 0.2) is 53.6 Å². The highest BCUT2D eigenvalue weighted by molar-refractivity contribution is 7.80. The fraction of sp³-hybridized carbons (Fsp3) is 0.300. The number of rotatable bonds is 8. The lowest BCUT2D eigenvalue weighted by Crippen LogP contribution is -2.23. The number of thiocarbonyl (C=S) groups is 1. The summed E-state index contributed by atoms with van der Waals surface area (Å²) in [6.07, 6.45) is 2.87. The Kier molecular flexibility index (Phi) is 7.89. The second kappa shape index (κ2) is 10.4. The second-order valence-electron chi connectivity index (χ2n) is 5.79. The van der Waals surface area contributed by atoms with Crippen molar-refractivity contribution < 1.29 is 4.74 Å². The first-order valence-corrected chi connectivity index (χ1v) is 9.17. The molecule has 0 aliphatic rings. The predicted molar refractivity (Wildman–Crippen MR) is 115 cm³/mol. The molecule has 0 saturated carbocycles. The largest absolute Gasteiger partial charge is 0.494 e. The van der Waals surface area contributed by atoms with E-state index in [4.69, 9.17) is 17.0 Å². The first-order valence-electron chi connectivity index (χ1n) is 8.76. The van der Waals surface area contributed by atoms with Crippen LogP contribution >= 0.6 is 12.2 Å². The zero-order valence-corrected chi connectivity index (χ0v) is 16.3. The summed E-state index contributed by atoms with van der Waals surface area (Å²) < 4.78 is 5.41. The van der Waals surface area contributed by atoms with E-state index in [9.17, 15) is 0 Å². The van der Waals surface area contributed by atoms with E-state index in [1.807, 2.05) is 43.3 Å². The van der Waals surface area contributed by atoms with Gasteiger partial charge in [0.1, 0.15) is 5.75 Å². The smallest absolute Gasteiger partial charge is 0.191 e. The molecule has 2 N–H and O–H groups in total. The van der Waals surface area contributed by atoms with Gasteiger partial charge in [-0.3, -0.25) is 5.43 Å². The quantitative estimate of drug-likeness (QED) is 0.413. The van der Waals surface area contributed by atoms with Crippen molar-refractivity contribution in [1.82, 2.24) is 5.43 Å². The molecule has 6 heteroatoms. The molecule has 0 atom stereocenters. The van der Waals surface area contributed by atoms with Crippen LogP contribution < -0.4 is 20.4 Å². The van der Waals surface area contributed by atoms with Gasteiger partial charge in [0.15, 0.2) is 5.11 Å². The van der Waals surface area contributed by atoms with Gasteiger partial charge in [-0.25, -0.2) is 0 Å². The monoisotopic (exact) mass is 370 g/mol. The maximum absolute atomic E-state index is 5.41. The number of nitrogens with one attached hydrogen (secondary N) is 2. The Balaban J connectivity index is 1.82. The summed E-state index contributed by atoms with van der Waals surface area (Å²) in [5.74, 6) is 0.836. The summed E-state index contributed by atoms with van der Waals surface area (Å²) in [6, 6.07) is 15.9. The van der Waals surface area contributed by atoms with Crippen LogP contribution in [0.25, 0.3) is 0 Å². The van der Waals surface area contributed by atoms with Crippen LogP contribution in [0.2, 0.25) is 0 Å². The first-order chi connectivity index (χ1) is 12.6. The van der Waals surface area contributed by atoms with Gasteiger partial charge in [0.2, 0.25) is 0 Å². The van der Waals surface area contributed by atoms with Gasteiger partial charge in [0.05, 0.1) is 12.8 Å². The van der Waals surface area contributed by atoms with Gasteiger partial charge in [-0.1, -0.05) is 19.1 Å². The highest BCUT2D eigenvalue weighted by atomic mass is 32.1. The van der Waals surface area contributed by atoms with Gasteiger partial charge in [0.25, 0.3) is 0 Å². The Morgan fingerprint density at radius 3 is 2.42 bits per heavy atom. The average molecular weight is 371 g/mol. The molecule has 0 spiro atoms. The Morgan fingerprint density at radius 2 is 1.81 bits per heavy atom. The van der Waals surface area contributed by atoms with Crippen molar-refractivity contribution >= 4 is 34.9 Å². The third-order valence-electron chi connectivity index (χ3n) is 3.70. The lowest BCUT2D eigenvalue weighted by atomic mass is 10.2. The van der Waals surface area contributed by atoms with Gasteiger partial charge >= 0.3 is 0 Å². The molecule has 5 nitrogen and oxygen atoms in total. The maximum Gasteiger partial charge on any atom is 0.191 e. The molecule has 2 aromatic rings. The zero-order chi connectivity index (χ0) is 18.8. The number of benzene rings is 2. The first kappa shape index (κ1) is 19.7. The Bertz CT molecular complexity index is 714. The maximum atomic E-state index is 5.41. The molecule has 26 heavy (non-hydrogen) atoms. The van der Waals surface area contributed by atoms with Crippen LogP contribution in [-0.4, -0.2) is 31.5 Å². The van der Waals surface area contributed by atoms with Crippen LogP contribution in [0.5, 0.6) is 5.75 Å². The van der Waals surface area contributed by atoms with Crippen molar-refractivity contribution in [1.29, 1.82) is 0 Å². The third-order valence-corrected chi connectivity index (χ3v) is 3.89. The van der Waals surface area contributed by atoms with E-state index in [0.29, 0.717) is 11.7 Å². The van der Waals surface area contributed by atoms with Gasteiger partial charge in [0, 0.05) is 25.0 Å². The van der Waals surface area contributed by atoms with Gasteiger partial charge in [-0.05, 0) is 67.5 Å². The van der Waals surface area contributed by atoms with Crippen LogP contribution in [0, 0.1) is 0 Å². The van der Waals surface area contributed by atoms with Gasteiger partial charge in [-0.2, -0.15) is 5.10 Å². The molecular weight excluding hydrogens is 344 g/mol. The van der Waals surface area contributed by atoms with Crippen molar-refractivity contribution in [2.24, 2.45) is 5.10 Å². The fourth-order valence-corrected chi connectivity index (χ4v) is 2.58. The Labute approximate surface area is 161 Å². The zero-order valence-electron chi connectivity index (χ0n) is 15.5. The topological polar surface area (TPSA) is 48.9 Å². The molecule has 0 saturated heterocycles. The Hall–Kier alpha value is -2.60. The minimum Gasteiger partial charge on any atom is -0.494 e. The highest BCUT2D eigenvalue weighted by Crippen LogP contribution is 2.15. The van der Waals surface area contributed by atoms with Gasteiger partial charge in [-0.15, -0.1) is 0 Å². The van der Waals surface area contributed by atoms with Crippen LogP contribution in [-0.2, 0) is 0 Å². The molecule has 0 aliphatic heterocycles. The van der Waals surface area contributed by atoms with E-state index < -0.39 is 0 Å². The van der Waals surface area contributed by atoms with Crippen molar-refractivity contribution in [3.8, 4) is 5.75 Å². The summed E-state index contributed by atoms with van der Waals surface area (Å²) >= 11 is 5.25. The molecule has 2 aromatic carbocycles. The molecule has 2 rings (SSSR count). The summed E-state index contributed by atoms with van der Waals surface area (Å²) in [5, 5.41) is 7.69. The van der Waals surface area contributed by atoms with E-state index in [1.165, 1.54) is 5.69 Å². The number of hydrogen-bond donors (Lipinski definition) is 2. The predicted octanol–water partition coefficient (Wildman–Crippen LogP) is 4.25. The minimum absolute atomic E-state index is 0.435. The molecule has 0 radical (unpaired) electrons. The number of nitrogens with zero attached hydrogens (tertiary/aromatic N) is 2. The fourth-order valence-electron chi connectivity index (χ4n) is 2.41. The second-order valence-corrected chi connectivity index (χ2v) is 6.20. The molecule has 0 aromatic heterocycles. The summed E-state index contributed by atoms with van der Waals surface area (Å²) in [7, 11) is 2.10. The van der Waals surface area contributed by atoms with Crippen LogP contribution in [0.1, 0.15) is 25.8 Å². The summed E-state index contributed by atoms with van der Waals surface area (Å²) in [5.41, 5.74) is 5.91. The van der Waals surface area contributed by atoms with Crippen LogP contribution in [0.3, 0.4) is 0 Å². The normalized spacial score (nSPS) is 10.6. The summed E-state index contributed by atoms with van der Waals surface area (Å²) in [4.78, 5) is 2.23. The highest BCUT2D eigenvalue weighted by Gasteiger charge is 1.99. The van der Waals surface area contributed by atoms with Gasteiger partial charge < -0.3 is 15.0 Å². The number of ether oxygens (including phenoxy) is 1. The van der Waals surface area contributed by atoms with E-state index in [1.54, 1.807) is 6.21 Å². The van der Waals surface area contributed by atoms with Crippen molar-refractivity contribution in [3.63, 3.8) is 0 Å². The van der Waals surface area contributed by atoms with Crippen LogP contribution in [0.4, 0.5) is 11.4 Å². The Morgan fingerprint density at radius 1 is 1.12 bits per heavy atom. The molecule has 0 fully saturated rings. The minimum atomic E-state index is 0.435. The van der Waals surface area contributed by atoms with Crippen molar-refractivity contribution in [2.75, 3.05) is 30.4 Å². The lowest BCUT2D eigenvalue weighted by Gasteiger charge is -2.18. The van der Waals surface area contributed by atoms with E-state index in [0.717, 1.165) is 30.0 Å². The number of hydrogen-bond acceptors (Lipinski definition) is 4. The molecule has 0 aliphatic carbocycles. The molecule has 0 bridgehead atoms. The van der Waals surface area contributed by atoms with E-state index in [2.05, 4.69) is 46.8 Å². The molecule has 0 unspecified atom stereocenters. The standard InChI is InChI=1S/C20H26N4OS/c1-4-14-24(3)18-10-6-16(7-11-18)15-21-23-20(26)22-17-8-12-19(13-9-17)25-5-2/h6-13,15H,4-5,14H2,1-3H3,(H2,22,23,26)/b21-15-. The molecular formula is C20H26N4OS. The molecule has 0 heterocycles. The lowest BCUT2D eigenvalue weighted by molar-refractivity contribution is 0.340. The van der Waals surface area contributed by atoms with Crippen molar-refractivity contribution in [3.05, 3.63) is 54.1 Å².